The molecular formula is C42H27NO. The summed E-state index contributed by atoms with van der Waals surface area (Å²) < 4.78 is 6.37. The number of rotatable bonds is 4. The molecule has 0 bridgehead atoms. The first-order chi connectivity index (χ1) is 21.8. The lowest BCUT2D eigenvalue weighted by Gasteiger charge is -2.28. The fourth-order valence-electron chi connectivity index (χ4n) is 6.83. The summed E-state index contributed by atoms with van der Waals surface area (Å²) >= 11 is 0. The monoisotopic (exact) mass is 561 g/mol. The number of fused-ring (bicyclic) bond motifs is 8. The molecule has 0 aliphatic carbocycles. The molecule has 206 valence electrons. The van der Waals surface area contributed by atoms with Gasteiger partial charge in [0.2, 0.25) is 0 Å². The van der Waals surface area contributed by atoms with Gasteiger partial charge in [-0.2, -0.15) is 0 Å². The van der Waals surface area contributed by atoms with Gasteiger partial charge in [0.05, 0.1) is 16.8 Å². The van der Waals surface area contributed by atoms with Gasteiger partial charge in [-0.1, -0.05) is 127 Å². The molecule has 2 heteroatoms. The lowest BCUT2D eigenvalue weighted by atomic mass is 9.95. The minimum atomic E-state index is 0.880. The van der Waals surface area contributed by atoms with Gasteiger partial charge in [-0.25, -0.2) is 0 Å². The second-order valence-electron chi connectivity index (χ2n) is 11.3. The summed E-state index contributed by atoms with van der Waals surface area (Å²) in [7, 11) is 0. The van der Waals surface area contributed by atoms with Crippen LogP contribution in [0.5, 0.6) is 0 Å². The SMILES string of the molecule is c1ccc(-c2ccc(N(c3cccc4ccc5c6ccccc6ccc5c34)c3cccc4oc5ccccc5c34)cc2)cc1. The van der Waals surface area contributed by atoms with E-state index in [-0.39, 0.29) is 0 Å². The van der Waals surface area contributed by atoms with Crippen LogP contribution >= 0.6 is 0 Å². The predicted octanol–water partition coefficient (Wildman–Crippen LogP) is 12.2. The fourth-order valence-corrected chi connectivity index (χ4v) is 6.83. The van der Waals surface area contributed by atoms with E-state index in [1.54, 1.807) is 0 Å². The first kappa shape index (κ1) is 24.7. The molecule has 0 aliphatic rings. The molecule has 1 heterocycles. The number of nitrogens with zero attached hydrogens (tertiary/aromatic N) is 1. The van der Waals surface area contributed by atoms with Crippen LogP contribution in [0.15, 0.2) is 168 Å². The van der Waals surface area contributed by atoms with E-state index < -0.39 is 0 Å². The van der Waals surface area contributed by atoms with Gasteiger partial charge in [0, 0.05) is 16.5 Å². The highest BCUT2D eigenvalue weighted by molar-refractivity contribution is 6.22. The molecule has 9 rings (SSSR count). The number of benzene rings is 8. The molecule has 0 N–H and O–H groups in total. The Morgan fingerprint density at radius 3 is 1.82 bits per heavy atom. The third kappa shape index (κ3) is 3.82. The van der Waals surface area contributed by atoms with Crippen molar-refractivity contribution in [3.8, 4) is 11.1 Å². The van der Waals surface area contributed by atoms with Crippen LogP contribution in [-0.4, -0.2) is 0 Å². The lowest BCUT2D eigenvalue weighted by molar-refractivity contribution is 0.669. The standard InChI is InChI=1S/C42H27NO/c1-2-10-28(11-3-1)29-20-24-32(25-21-29)43(38-17-9-19-40-42(38)36-15-6-7-18-39(36)44-40)37-16-8-13-31-23-26-34-33-14-5-4-12-30(33)22-27-35(34)41(31)37/h1-27H. The second-order valence-corrected chi connectivity index (χ2v) is 11.3. The minimum Gasteiger partial charge on any atom is -0.456 e. The number of hydrogen-bond donors (Lipinski definition) is 0. The van der Waals surface area contributed by atoms with E-state index in [0.717, 1.165) is 39.0 Å². The van der Waals surface area contributed by atoms with Gasteiger partial charge in [-0.15, -0.1) is 0 Å². The van der Waals surface area contributed by atoms with E-state index in [2.05, 4.69) is 163 Å². The molecule has 0 spiro atoms. The van der Waals surface area contributed by atoms with Crippen LogP contribution < -0.4 is 4.90 Å². The number of para-hydroxylation sites is 1. The average Bonchev–Trinajstić information content (AvgIpc) is 3.48. The van der Waals surface area contributed by atoms with Gasteiger partial charge in [0.25, 0.3) is 0 Å². The Labute approximate surface area is 255 Å². The van der Waals surface area contributed by atoms with Crippen LogP contribution in [0.2, 0.25) is 0 Å². The fraction of sp³-hybridized carbons (Fsp3) is 0. The highest BCUT2D eigenvalue weighted by Crippen LogP contribution is 2.46. The minimum absolute atomic E-state index is 0.880. The van der Waals surface area contributed by atoms with Gasteiger partial charge in [-0.3, -0.25) is 0 Å². The van der Waals surface area contributed by atoms with Crippen LogP contribution in [0, 0.1) is 0 Å². The molecule has 0 saturated heterocycles. The first-order valence-electron chi connectivity index (χ1n) is 15.0. The molecule has 2 nitrogen and oxygen atoms in total. The van der Waals surface area contributed by atoms with Crippen molar-refractivity contribution in [2.75, 3.05) is 4.90 Å². The summed E-state index contributed by atoms with van der Waals surface area (Å²) in [6.07, 6.45) is 0. The second kappa shape index (κ2) is 9.86. The third-order valence-electron chi connectivity index (χ3n) is 8.84. The Morgan fingerprint density at radius 2 is 0.955 bits per heavy atom. The number of furan rings is 1. The van der Waals surface area contributed by atoms with E-state index in [1.807, 2.05) is 6.07 Å². The Balaban J connectivity index is 1.37. The predicted molar refractivity (Wildman–Crippen MR) is 186 cm³/mol. The third-order valence-corrected chi connectivity index (χ3v) is 8.84. The van der Waals surface area contributed by atoms with Gasteiger partial charge in [0.1, 0.15) is 11.2 Å². The lowest BCUT2D eigenvalue weighted by Crippen LogP contribution is -2.11. The zero-order valence-corrected chi connectivity index (χ0v) is 23.9. The first-order valence-corrected chi connectivity index (χ1v) is 15.0. The largest absolute Gasteiger partial charge is 0.456 e. The maximum Gasteiger partial charge on any atom is 0.137 e. The Morgan fingerprint density at radius 1 is 0.341 bits per heavy atom. The maximum absolute atomic E-state index is 6.37. The summed E-state index contributed by atoms with van der Waals surface area (Å²) in [4.78, 5) is 2.41. The average molecular weight is 562 g/mol. The Hall–Kier alpha value is -5.86. The molecule has 0 unspecified atom stereocenters. The zero-order chi connectivity index (χ0) is 29.0. The molecule has 0 saturated carbocycles. The molecule has 0 radical (unpaired) electrons. The van der Waals surface area contributed by atoms with Crippen molar-refractivity contribution in [3.63, 3.8) is 0 Å². The van der Waals surface area contributed by atoms with Crippen molar-refractivity contribution in [1.29, 1.82) is 0 Å². The van der Waals surface area contributed by atoms with Crippen molar-refractivity contribution < 1.29 is 4.42 Å². The van der Waals surface area contributed by atoms with Crippen molar-refractivity contribution in [3.05, 3.63) is 164 Å². The number of hydrogen-bond acceptors (Lipinski definition) is 2. The maximum atomic E-state index is 6.37. The summed E-state index contributed by atoms with van der Waals surface area (Å²) in [6.45, 7) is 0. The Bertz CT molecular complexity index is 2490. The van der Waals surface area contributed by atoms with Gasteiger partial charge in [-0.05, 0) is 74.5 Å². The van der Waals surface area contributed by atoms with Crippen LogP contribution in [-0.2, 0) is 0 Å². The molecule has 9 aromatic rings. The number of anilines is 3. The smallest absolute Gasteiger partial charge is 0.137 e. The van der Waals surface area contributed by atoms with E-state index in [1.165, 1.54) is 43.4 Å². The van der Waals surface area contributed by atoms with Gasteiger partial charge < -0.3 is 9.32 Å². The van der Waals surface area contributed by atoms with Crippen LogP contribution in [0.1, 0.15) is 0 Å². The van der Waals surface area contributed by atoms with Gasteiger partial charge >= 0.3 is 0 Å². The van der Waals surface area contributed by atoms with Crippen LogP contribution in [0.4, 0.5) is 17.1 Å². The van der Waals surface area contributed by atoms with Gasteiger partial charge in [0.15, 0.2) is 0 Å². The van der Waals surface area contributed by atoms with Crippen molar-refractivity contribution >= 4 is 71.3 Å². The van der Waals surface area contributed by atoms with Crippen molar-refractivity contribution in [2.24, 2.45) is 0 Å². The highest BCUT2D eigenvalue weighted by atomic mass is 16.3. The van der Waals surface area contributed by atoms with Crippen LogP contribution in [0.3, 0.4) is 0 Å². The molecule has 0 fully saturated rings. The summed E-state index contributed by atoms with van der Waals surface area (Å²) in [5.41, 5.74) is 7.48. The summed E-state index contributed by atoms with van der Waals surface area (Å²) in [5.74, 6) is 0. The molecule has 1 aromatic heterocycles. The molecule has 0 atom stereocenters. The quantitative estimate of drug-likeness (QED) is 0.199. The molecule has 0 amide bonds. The zero-order valence-electron chi connectivity index (χ0n) is 23.9. The molecule has 0 aliphatic heterocycles. The van der Waals surface area contributed by atoms with Crippen molar-refractivity contribution in [1.82, 2.24) is 0 Å². The van der Waals surface area contributed by atoms with Crippen LogP contribution in [0.25, 0.3) is 65.4 Å². The van der Waals surface area contributed by atoms with E-state index in [0.29, 0.717) is 0 Å². The summed E-state index contributed by atoms with van der Waals surface area (Å²) in [5, 5.41) is 9.68. The molecule has 8 aromatic carbocycles. The van der Waals surface area contributed by atoms with E-state index in [9.17, 15) is 0 Å². The topological polar surface area (TPSA) is 16.4 Å². The van der Waals surface area contributed by atoms with E-state index >= 15 is 0 Å². The van der Waals surface area contributed by atoms with E-state index in [4.69, 9.17) is 4.42 Å². The normalized spacial score (nSPS) is 11.6. The highest BCUT2D eigenvalue weighted by Gasteiger charge is 2.22. The van der Waals surface area contributed by atoms with Crippen molar-refractivity contribution in [2.45, 2.75) is 0 Å². The molecular weight excluding hydrogens is 534 g/mol. The Kier molecular flexibility index (Phi) is 5.54. The summed E-state index contributed by atoms with van der Waals surface area (Å²) in [6, 6.07) is 58.6. The molecule has 44 heavy (non-hydrogen) atoms.